The van der Waals surface area contributed by atoms with E-state index in [4.69, 9.17) is 4.74 Å². The van der Waals surface area contributed by atoms with E-state index in [0.29, 0.717) is 23.4 Å². The van der Waals surface area contributed by atoms with Crippen molar-refractivity contribution in [3.8, 4) is 5.75 Å². The predicted octanol–water partition coefficient (Wildman–Crippen LogP) is 1.29. The van der Waals surface area contributed by atoms with Gasteiger partial charge in [0.15, 0.2) is 0 Å². The Morgan fingerprint density at radius 3 is 2.42 bits per heavy atom. The zero-order valence-electron chi connectivity index (χ0n) is 11.6. The molecule has 1 heterocycles. The molecule has 0 saturated heterocycles. The van der Waals surface area contributed by atoms with Crippen LogP contribution in [-0.4, -0.2) is 43.0 Å². The molecule has 5 heteroatoms. The quantitative estimate of drug-likeness (QED) is 0.831. The SMILES string of the molecule is CNCC(C)(C)N1C(=O)c2ccc(OC)cc2C1=O. The number of nitrogens with zero attached hydrogens (tertiary/aromatic N) is 1. The fraction of sp³-hybridized carbons (Fsp3) is 0.429. The van der Waals surface area contributed by atoms with Gasteiger partial charge in [-0.3, -0.25) is 14.5 Å². The molecule has 0 aromatic heterocycles. The number of fused-ring (bicyclic) bond motifs is 1. The van der Waals surface area contributed by atoms with E-state index in [1.165, 1.54) is 12.0 Å². The van der Waals surface area contributed by atoms with E-state index in [-0.39, 0.29) is 11.8 Å². The predicted molar refractivity (Wildman–Crippen MR) is 71.5 cm³/mol. The van der Waals surface area contributed by atoms with E-state index in [1.54, 1.807) is 25.2 Å². The summed E-state index contributed by atoms with van der Waals surface area (Å²) in [6, 6.07) is 4.95. The lowest BCUT2D eigenvalue weighted by Gasteiger charge is -2.33. The number of amides is 2. The van der Waals surface area contributed by atoms with Gasteiger partial charge in [0.05, 0.1) is 23.8 Å². The molecule has 2 amide bonds. The van der Waals surface area contributed by atoms with Gasteiger partial charge in [0.1, 0.15) is 5.75 Å². The molecule has 0 atom stereocenters. The molecule has 19 heavy (non-hydrogen) atoms. The van der Waals surface area contributed by atoms with Gasteiger partial charge < -0.3 is 10.1 Å². The number of nitrogens with one attached hydrogen (secondary N) is 1. The number of hydrogen-bond donors (Lipinski definition) is 1. The zero-order valence-corrected chi connectivity index (χ0v) is 11.6. The van der Waals surface area contributed by atoms with Crippen LogP contribution in [0.4, 0.5) is 0 Å². The van der Waals surface area contributed by atoms with Gasteiger partial charge in [-0.1, -0.05) is 0 Å². The molecule has 0 saturated carbocycles. The van der Waals surface area contributed by atoms with Crippen molar-refractivity contribution in [1.29, 1.82) is 0 Å². The zero-order chi connectivity index (χ0) is 14.2. The highest BCUT2D eigenvalue weighted by Gasteiger charge is 2.43. The first kappa shape index (κ1) is 13.5. The van der Waals surface area contributed by atoms with Gasteiger partial charge in [-0.2, -0.15) is 0 Å². The number of likely N-dealkylation sites (N-methyl/N-ethyl adjacent to an activating group) is 1. The number of rotatable bonds is 4. The van der Waals surface area contributed by atoms with Crippen LogP contribution in [0, 0.1) is 0 Å². The van der Waals surface area contributed by atoms with E-state index in [0.717, 1.165) is 0 Å². The summed E-state index contributed by atoms with van der Waals surface area (Å²) in [6.07, 6.45) is 0. The summed E-state index contributed by atoms with van der Waals surface area (Å²) in [7, 11) is 3.33. The van der Waals surface area contributed by atoms with Gasteiger partial charge in [-0.15, -0.1) is 0 Å². The molecule has 1 aliphatic heterocycles. The van der Waals surface area contributed by atoms with Crippen LogP contribution in [0.25, 0.3) is 0 Å². The lowest BCUT2D eigenvalue weighted by Crippen LogP contribution is -2.52. The minimum Gasteiger partial charge on any atom is -0.497 e. The van der Waals surface area contributed by atoms with Crippen LogP contribution >= 0.6 is 0 Å². The van der Waals surface area contributed by atoms with E-state index < -0.39 is 5.54 Å². The Morgan fingerprint density at radius 2 is 1.84 bits per heavy atom. The Hall–Kier alpha value is -1.88. The number of hydrogen-bond acceptors (Lipinski definition) is 4. The maximum Gasteiger partial charge on any atom is 0.262 e. The first-order chi connectivity index (χ1) is 8.92. The molecular weight excluding hydrogens is 244 g/mol. The Bertz CT molecular complexity index is 537. The van der Waals surface area contributed by atoms with Crippen molar-refractivity contribution in [1.82, 2.24) is 10.2 Å². The van der Waals surface area contributed by atoms with Gasteiger partial charge in [-0.25, -0.2) is 0 Å². The van der Waals surface area contributed by atoms with Crippen LogP contribution in [0.15, 0.2) is 18.2 Å². The van der Waals surface area contributed by atoms with Crippen molar-refractivity contribution in [2.24, 2.45) is 0 Å². The molecular formula is C14H18N2O3. The highest BCUT2D eigenvalue weighted by atomic mass is 16.5. The van der Waals surface area contributed by atoms with Crippen molar-refractivity contribution >= 4 is 11.8 Å². The minimum atomic E-state index is -0.574. The van der Waals surface area contributed by atoms with Crippen LogP contribution in [-0.2, 0) is 0 Å². The van der Waals surface area contributed by atoms with Gasteiger partial charge in [0, 0.05) is 6.54 Å². The van der Waals surface area contributed by atoms with Crippen LogP contribution in [0.5, 0.6) is 5.75 Å². The number of benzene rings is 1. The second kappa shape index (κ2) is 4.66. The van der Waals surface area contributed by atoms with E-state index >= 15 is 0 Å². The smallest absolute Gasteiger partial charge is 0.262 e. The highest BCUT2D eigenvalue weighted by molar-refractivity contribution is 6.22. The molecule has 0 radical (unpaired) electrons. The molecule has 102 valence electrons. The monoisotopic (exact) mass is 262 g/mol. The number of carbonyl (C=O) groups excluding carboxylic acids is 2. The molecule has 1 aromatic rings. The third kappa shape index (κ3) is 2.10. The van der Waals surface area contributed by atoms with Crippen molar-refractivity contribution in [2.75, 3.05) is 20.7 Å². The number of ether oxygens (including phenoxy) is 1. The third-order valence-electron chi connectivity index (χ3n) is 3.31. The Labute approximate surface area is 112 Å². The largest absolute Gasteiger partial charge is 0.497 e. The molecule has 0 aliphatic carbocycles. The Balaban J connectivity index is 2.44. The maximum absolute atomic E-state index is 12.4. The van der Waals surface area contributed by atoms with Crippen molar-refractivity contribution in [3.63, 3.8) is 0 Å². The van der Waals surface area contributed by atoms with Gasteiger partial charge in [0.25, 0.3) is 11.8 Å². The molecule has 5 nitrogen and oxygen atoms in total. The standard InChI is InChI=1S/C14H18N2O3/c1-14(2,8-15-3)16-12(17)10-6-5-9(19-4)7-11(10)13(16)18/h5-7,15H,8H2,1-4H3. The lowest BCUT2D eigenvalue weighted by atomic mass is 10.0. The maximum atomic E-state index is 12.4. The van der Waals surface area contributed by atoms with Crippen LogP contribution < -0.4 is 10.1 Å². The fourth-order valence-electron chi connectivity index (χ4n) is 2.41. The van der Waals surface area contributed by atoms with E-state index in [2.05, 4.69) is 5.32 Å². The third-order valence-corrected chi connectivity index (χ3v) is 3.31. The molecule has 0 fully saturated rings. The van der Waals surface area contributed by atoms with Crippen LogP contribution in [0.2, 0.25) is 0 Å². The summed E-state index contributed by atoms with van der Waals surface area (Å²) < 4.78 is 5.10. The average Bonchev–Trinajstić information content (AvgIpc) is 2.61. The minimum absolute atomic E-state index is 0.247. The van der Waals surface area contributed by atoms with Gasteiger partial charge >= 0.3 is 0 Å². The van der Waals surface area contributed by atoms with E-state index in [9.17, 15) is 9.59 Å². The first-order valence-corrected chi connectivity index (χ1v) is 6.14. The lowest BCUT2D eigenvalue weighted by molar-refractivity contribution is 0.0483. The fourth-order valence-corrected chi connectivity index (χ4v) is 2.41. The molecule has 0 unspecified atom stereocenters. The Morgan fingerprint density at radius 1 is 1.21 bits per heavy atom. The summed E-state index contributed by atoms with van der Waals surface area (Å²) in [5.41, 5.74) is 0.276. The molecule has 1 N–H and O–H groups in total. The highest BCUT2D eigenvalue weighted by Crippen LogP contribution is 2.31. The number of carbonyl (C=O) groups is 2. The molecule has 1 aliphatic rings. The van der Waals surface area contributed by atoms with Gasteiger partial charge in [-0.05, 0) is 39.1 Å². The average molecular weight is 262 g/mol. The van der Waals surface area contributed by atoms with Crippen LogP contribution in [0.1, 0.15) is 34.6 Å². The molecule has 0 spiro atoms. The molecule has 1 aromatic carbocycles. The first-order valence-electron chi connectivity index (χ1n) is 6.14. The summed E-state index contributed by atoms with van der Waals surface area (Å²) in [5, 5.41) is 3.00. The summed E-state index contributed by atoms with van der Waals surface area (Å²) >= 11 is 0. The van der Waals surface area contributed by atoms with Crippen molar-refractivity contribution < 1.29 is 14.3 Å². The number of methoxy groups -OCH3 is 1. The summed E-state index contributed by atoms with van der Waals surface area (Å²) in [5.74, 6) is 0.0650. The number of imide groups is 1. The Kier molecular flexibility index (Phi) is 3.32. The second-order valence-electron chi connectivity index (χ2n) is 5.20. The van der Waals surface area contributed by atoms with Crippen molar-refractivity contribution in [3.05, 3.63) is 29.3 Å². The molecule has 0 bridgehead atoms. The van der Waals surface area contributed by atoms with Crippen molar-refractivity contribution in [2.45, 2.75) is 19.4 Å². The molecule has 2 rings (SSSR count). The second-order valence-corrected chi connectivity index (χ2v) is 5.20. The van der Waals surface area contributed by atoms with Gasteiger partial charge in [0.2, 0.25) is 0 Å². The topological polar surface area (TPSA) is 58.6 Å². The summed E-state index contributed by atoms with van der Waals surface area (Å²) in [4.78, 5) is 26.1. The summed E-state index contributed by atoms with van der Waals surface area (Å²) in [6.45, 7) is 4.26. The van der Waals surface area contributed by atoms with E-state index in [1.807, 2.05) is 13.8 Å². The normalized spacial score (nSPS) is 14.8. The van der Waals surface area contributed by atoms with Crippen LogP contribution in [0.3, 0.4) is 0 Å².